The van der Waals surface area contributed by atoms with Gasteiger partial charge >= 0.3 is 5.97 Å². The number of hydrogen-bond acceptors (Lipinski definition) is 10. The van der Waals surface area contributed by atoms with Crippen LogP contribution in [0.3, 0.4) is 0 Å². The Morgan fingerprint density at radius 1 is 1.19 bits per heavy atom. The van der Waals surface area contributed by atoms with E-state index in [0.29, 0.717) is 5.56 Å². The predicted octanol–water partition coefficient (Wildman–Crippen LogP) is 2.08. The number of aliphatic hydroxyl groups excluding tert-OH is 1. The monoisotopic (exact) mass is 449 g/mol. The zero-order valence-corrected chi connectivity index (χ0v) is 17.5. The van der Waals surface area contributed by atoms with E-state index in [1.54, 1.807) is 12.1 Å². The van der Waals surface area contributed by atoms with Gasteiger partial charge in [-0.2, -0.15) is 0 Å². The van der Waals surface area contributed by atoms with Gasteiger partial charge in [0.15, 0.2) is 17.8 Å². The van der Waals surface area contributed by atoms with E-state index < -0.39 is 23.3 Å². The summed E-state index contributed by atoms with van der Waals surface area (Å²) in [6.45, 7) is 0.121. The average Bonchev–Trinajstić information content (AvgIpc) is 3.28. The molecule has 1 aliphatic rings. The van der Waals surface area contributed by atoms with Crippen molar-refractivity contribution in [2.24, 2.45) is 0 Å². The third kappa shape index (κ3) is 5.63. The molecule has 2 atom stereocenters. The second-order valence-corrected chi connectivity index (χ2v) is 6.72. The molecule has 0 aromatic heterocycles. The molecular weight excluding hydrogens is 426 g/mol. The Morgan fingerprint density at radius 3 is 2.44 bits per heavy atom. The number of aliphatic hydroxyl groups is 1. The summed E-state index contributed by atoms with van der Waals surface area (Å²) in [5.74, 6) is 0.0432. The lowest BCUT2D eigenvalue weighted by atomic mass is 10.1. The van der Waals surface area contributed by atoms with E-state index in [-0.39, 0.29) is 54.9 Å². The van der Waals surface area contributed by atoms with Gasteiger partial charge in [-0.3, -0.25) is 10.1 Å². The fourth-order valence-corrected chi connectivity index (χ4v) is 2.95. The van der Waals surface area contributed by atoms with Crippen LogP contribution in [0, 0.1) is 10.1 Å². The van der Waals surface area contributed by atoms with Crippen LogP contribution in [0.5, 0.6) is 17.2 Å². The summed E-state index contributed by atoms with van der Waals surface area (Å²) >= 11 is 0. The lowest BCUT2D eigenvalue weighted by Gasteiger charge is -2.18. The van der Waals surface area contributed by atoms with Gasteiger partial charge in [0.25, 0.3) is 5.69 Å². The van der Waals surface area contributed by atoms with E-state index in [4.69, 9.17) is 33.5 Å². The molecule has 1 N–H and O–H groups in total. The van der Waals surface area contributed by atoms with Crippen LogP contribution in [-0.2, 0) is 20.8 Å². The smallest absolute Gasteiger partial charge is 0.338 e. The van der Waals surface area contributed by atoms with Gasteiger partial charge in [-0.1, -0.05) is 0 Å². The first-order valence-electron chi connectivity index (χ1n) is 9.62. The van der Waals surface area contributed by atoms with Gasteiger partial charge in [-0.15, -0.1) is 0 Å². The van der Waals surface area contributed by atoms with Gasteiger partial charge in [0, 0.05) is 12.1 Å². The lowest BCUT2D eigenvalue weighted by Crippen LogP contribution is -2.21. The van der Waals surface area contributed by atoms with Crippen molar-refractivity contribution >= 4 is 11.7 Å². The average molecular weight is 449 g/mol. The molecule has 0 spiro atoms. The second-order valence-electron chi connectivity index (χ2n) is 6.72. The standard InChI is InChI=1S/C21H23NO10/c1-27-20-17(29-10-13-3-5-15(6-4-13)22(25)26)7-14(21(24)28-2)8-18(20)30-12-19-31-11-16(9-23)32-19/h3-8,16,19,23H,9-12H2,1-2H3. The van der Waals surface area contributed by atoms with Crippen molar-refractivity contribution in [1.29, 1.82) is 0 Å². The van der Waals surface area contributed by atoms with Gasteiger partial charge in [0.2, 0.25) is 5.75 Å². The number of non-ortho nitro benzene ring substituents is 1. The summed E-state index contributed by atoms with van der Waals surface area (Å²) in [5.41, 5.74) is 0.810. The molecular formula is C21H23NO10. The highest BCUT2D eigenvalue weighted by Gasteiger charge is 2.27. The Balaban J connectivity index is 1.79. The molecule has 0 bridgehead atoms. The van der Waals surface area contributed by atoms with Crippen LogP contribution in [0.25, 0.3) is 0 Å². The fourth-order valence-electron chi connectivity index (χ4n) is 2.95. The molecule has 1 fully saturated rings. The van der Waals surface area contributed by atoms with Crippen molar-refractivity contribution in [1.82, 2.24) is 0 Å². The van der Waals surface area contributed by atoms with Crippen molar-refractivity contribution in [3.05, 3.63) is 57.6 Å². The number of carbonyl (C=O) groups is 1. The minimum atomic E-state index is -0.692. The maximum atomic E-state index is 12.1. The van der Waals surface area contributed by atoms with Crippen molar-refractivity contribution in [2.75, 3.05) is 34.0 Å². The number of benzene rings is 2. The molecule has 1 heterocycles. The summed E-state index contributed by atoms with van der Waals surface area (Å²) in [6, 6.07) is 8.78. The predicted molar refractivity (Wildman–Crippen MR) is 109 cm³/mol. The summed E-state index contributed by atoms with van der Waals surface area (Å²) in [5, 5.41) is 19.9. The zero-order chi connectivity index (χ0) is 23.1. The number of nitro benzene ring substituents is 1. The van der Waals surface area contributed by atoms with E-state index in [0.717, 1.165) is 0 Å². The summed E-state index contributed by atoms with van der Waals surface area (Å²) in [4.78, 5) is 22.4. The summed E-state index contributed by atoms with van der Waals surface area (Å²) in [7, 11) is 2.67. The highest BCUT2D eigenvalue weighted by atomic mass is 16.7. The van der Waals surface area contributed by atoms with Crippen LogP contribution in [0.2, 0.25) is 0 Å². The molecule has 0 radical (unpaired) electrons. The van der Waals surface area contributed by atoms with E-state index in [2.05, 4.69) is 0 Å². The maximum absolute atomic E-state index is 12.1. The summed E-state index contributed by atoms with van der Waals surface area (Å²) in [6.07, 6.45) is -1.12. The third-order valence-electron chi connectivity index (χ3n) is 4.58. The lowest BCUT2D eigenvalue weighted by molar-refractivity contribution is -0.384. The molecule has 1 aliphatic heterocycles. The number of hydrogen-bond donors (Lipinski definition) is 1. The number of nitro groups is 1. The molecule has 172 valence electrons. The number of ether oxygens (including phenoxy) is 6. The number of rotatable bonds is 10. The van der Waals surface area contributed by atoms with Crippen LogP contribution in [0.4, 0.5) is 5.69 Å². The minimum Gasteiger partial charge on any atom is -0.490 e. The van der Waals surface area contributed by atoms with E-state index in [1.807, 2.05) is 0 Å². The second kappa shape index (κ2) is 10.8. The Morgan fingerprint density at radius 2 is 1.88 bits per heavy atom. The van der Waals surface area contributed by atoms with Crippen molar-refractivity contribution < 1.29 is 43.2 Å². The number of esters is 1. The molecule has 0 saturated carbocycles. The molecule has 11 nitrogen and oxygen atoms in total. The molecule has 2 aromatic rings. The quantitative estimate of drug-likeness (QED) is 0.326. The molecule has 2 unspecified atom stereocenters. The first-order chi connectivity index (χ1) is 15.4. The molecule has 0 aliphatic carbocycles. The Kier molecular flexibility index (Phi) is 7.82. The van der Waals surface area contributed by atoms with Crippen molar-refractivity contribution in [3.8, 4) is 17.2 Å². The number of methoxy groups -OCH3 is 2. The Labute approximate surface area is 183 Å². The van der Waals surface area contributed by atoms with Crippen LogP contribution in [0.15, 0.2) is 36.4 Å². The first kappa shape index (κ1) is 23.3. The van der Waals surface area contributed by atoms with Crippen LogP contribution < -0.4 is 14.2 Å². The van der Waals surface area contributed by atoms with Gasteiger partial charge in [-0.05, 0) is 29.8 Å². The minimum absolute atomic E-state index is 0.0146. The highest BCUT2D eigenvalue weighted by molar-refractivity contribution is 5.91. The normalized spacial score (nSPS) is 17.6. The van der Waals surface area contributed by atoms with Gasteiger partial charge in [-0.25, -0.2) is 4.79 Å². The first-order valence-corrected chi connectivity index (χ1v) is 9.62. The molecule has 3 rings (SSSR count). The molecule has 0 amide bonds. The van der Waals surface area contributed by atoms with Gasteiger partial charge < -0.3 is 33.5 Å². The SMILES string of the molecule is COC(=O)c1cc(OCc2ccc([N+](=O)[O-])cc2)c(OC)c(OCC2OCC(CO)O2)c1. The highest BCUT2D eigenvalue weighted by Crippen LogP contribution is 2.39. The number of nitrogens with zero attached hydrogens (tertiary/aromatic N) is 1. The molecule has 11 heteroatoms. The van der Waals surface area contributed by atoms with Crippen molar-refractivity contribution in [2.45, 2.75) is 19.0 Å². The topological polar surface area (TPSA) is 136 Å². The summed E-state index contributed by atoms with van der Waals surface area (Å²) < 4.78 is 32.6. The van der Waals surface area contributed by atoms with Gasteiger partial charge in [0.05, 0.1) is 37.9 Å². The Bertz CT molecular complexity index is 946. The Hall–Kier alpha value is -3.41. The molecule has 32 heavy (non-hydrogen) atoms. The van der Waals surface area contributed by atoms with Crippen LogP contribution >= 0.6 is 0 Å². The fraction of sp³-hybridized carbons (Fsp3) is 0.381. The van der Waals surface area contributed by atoms with E-state index in [1.165, 1.54) is 38.5 Å². The van der Waals surface area contributed by atoms with Gasteiger partial charge in [0.1, 0.15) is 19.3 Å². The van der Waals surface area contributed by atoms with Crippen LogP contribution in [0.1, 0.15) is 15.9 Å². The molecule has 1 saturated heterocycles. The molecule has 2 aromatic carbocycles. The van der Waals surface area contributed by atoms with Crippen molar-refractivity contribution in [3.63, 3.8) is 0 Å². The van der Waals surface area contributed by atoms with E-state index in [9.17, 15) is 14.9 Å². The third-order valence-corrected chi connectivity index (χ3v) is 4.58. The maximum Gasteiger partial charge on any atom is 0.338 e. The number of carbonyl (C=O) groups excluding carboxylic acids is 1. The van der Waals surface area contributed by atoms with Crippen LogP contribution in [-0.4, -0.2) is 62.4 Å². The zero-order valence-electron chi connectivity index (χ0n) is 17.5. The van der Waals surface area contributed by atoms with E-state index >= 15 is 0 Å². The largest absolute Gasteiger partial charge is 0.490 e.